The van der Waals surface area contributed by atoms with Crippen molar-refractivity contribution in [2.75, 3.05) is 7.05 Å². The van der Waals surface area contributed by atoms with Crippen LogP contribution in [0.1, 0.15) is 55.9 Å². The number of H-pyrrole nitrogens is 1. The molecule has 0 bridgehead atoms. The van der Waals surface area contributed by atoms with E-state index in [2.05, 4.69) is 44.6 Å². The van der Waals surface area contributed by atoms with Gasteiger partial charge in [0.05, 0.1) is 17.1 Å². The topological polar surface area (TPSA) is 97.2 Å². The van der Waals surface area contributed by atoms with Crippen molar-refractivity contribution < 1.29 is 9.63 Å². The van der Waals surface area contributed by atoms with Gasteiger partial charge in [-0.3, -0.25) is 14.5 Å². The van der Waals surface area contributed by atoms with E-state index in [4.69, 9.17) is 4.84 Å². The van der Waals surface area contributed by atoms with Crippen molar-refractivity contribution in [1.29, 1.82) is 0 Å². The van der Waals surface area contributed by atoms with Gasteiger partial charge in [-0.15, -0.1) is 0 Å². The average Bonchev–Trinajstić information content (AvgIpc) is 3.47. The molecule has 0 unspecified atom stereocenters. The maximum atomic E-state index is 11.0. The number of aryl methyl sites for hydroxylation is 1. The summed E-state index contributed by atoms with van der Waals surface area (Å²) >= 11 is 0. The van der Waals surface area contributed by atoms with Crippen molar-refractivity contribution in [2.24, 2.45) is 12.2 Å². The summed E-state index contributed by atoms with van der Waals surface area (Å²) in [4.78, 5) is 24.0. The Morgan fingerprint density at radius 3 is 2.50 bits per heavy atom. The van der Waals surface area contributed by atoms with Crippen LogP contribution in [0.2, 0.25) is 0 Å². The Labute approximate surface area is 212 Å². The number of aromatic nitrogens is 4. The maximum absolute atomic E-state index is 11.0. The van der Waals surface area contributed by atoms with Crippen molar-refractivity contribution >= 4 is 28.7 Å². The number of carbonyl (C=O) groups is 1. The fourth-order valence-electron chi connectivity index (χ4n) is 3.59. The second kappa shape index (κ2) is 12.6. The lowest BCUT2D eigenvalue weighted by Crippen LogP contribution is -2.04. The molecule has 0 amide bonds. The molecule has 3 aromatic heterocycles. The normalized spacial score (nSPS) is 11.4. The van der Waals surface area contributed by atoms with Gasteiger partial charge in [-0.1, -0.05) is 18.1 Å². The minimum Gasteiger partial charge on any atom is -0.355 e. The van der Waals surface area contributed by atoms with Crippen LogP contribution < -0.4 is 5.32 Å². The second-order valence-corrected chi connectivity index (χ2v) is 8.66. The first-order chi connectivity index (χ1) is 17.4. The lowest BCUT2D eigenvalue weighted by atomic mass is 10.1. The summed E-state index contributed by atoms with van der Waals surface area (Å²) in [6.07, 6.45) is 5.23. The molecule has 2 N–H and O–H groups in total. The molecule has 36 heavy (non-hydrogen) atoms. The van der Waals surface area contributed by atoms with Crippen LogP contribution in [0.5, 0.6) is 0 Å². The number of pyridine rings is 1. The molecule has 1 aromatic carbocycles. The number of rotatable bonds is 8. The van der Waals surface area contributed by atoms with Crippen LogP contribution in [0.25, 0.3) is 27.9 Å². The van der Waals surface area contributed by atoms with Gasteiger partial charge in [0.2, 0.25) is 0 Å². The summed E-state index contributed by atoms with van der Waals surface area (Å²) in [5.74, 6) is 0.750. The van der Waals surface area contributed by atoms with Crippen molar-refractivity contribution in [2.45, 2.75) is 40.7 Å². The van der Waals surface area contributed by atoms with Gasteiger partial charge in [0.1, 0.15) is 5.69 Å². The molecular formula is C28H34N6O2. The number of carbonyl (C=O) groups excluding carboxylic acids is 1. The minimum atomic E-state index is 0.423. The van der Waals surface area contributed by atoms with Crippen LogP contribution in [0.15, 0.2) is 65.6 Å². The van der Waals surface area contributed by atoms with Gasteiger partial charge in [0.25, 0.3) is 0 Å². The summed E-state index contributed by atoms with van der Waals surface area (Å²) in [6, 6.07) is 14.0. The Morgan fingerprint density at radius 1 is 1.14 bits per heavy atom. The highest BCUT2D eigenvalue weighted by Crippen LogP contribution is 2.29. The van der Waals surface area contributed by atoms with Gasteiger partial charge < -0.3 is 15.1 Å². The first kappa shape index (κ1) is 26.6. The van der Waals surface area contributed by atoms with Gasteiger partial charge in [0, 0.05) is 42.5 Å². The third kappa shape index (κ3) is 6.76. The lowest BCUT2D eigenvalue weighted by molar-refractivity contribution is 0.111. The third-order valence-corrected chi connectivity index (χ3v) is 5.55. The van der Waals surface area contributed by atoms with Crippen LogP contribution in [-0.2, 0) is 18.4 Å². The summed E-state index contributed by atoms with van der Waals surface area (Å²) in [7, 11) is 3.76. The summed E-state index contributed by atoms with van der Waals surface area (Å²) in [6.45, 7) is 8.86. The molecule has 0 spiro atoms. The van der Waals surface area contributed by atoms with Crippen LogP contribution in [0.4, 0.5) is 0 Å². The fraction of sp³-hybridized carbons (Fsp3) is 0.286. The van der Waals surface area contributed by atoms with Gasteiger partial charge in [-0.05, 0) is 81.8 Å². The number of aldehydes is 1. The van der Waals surface area contributed by atoms with Crippen LogP contribution in [0.3, 0.4) is 0 Å². The Bertz CT molecular complexity index is 1360. The van der Waals surface area contributed by atoms with Gasteiger partial charge in [-0.2, -0.15) is 5.10 Å². The van der Waals surface area contributed by atoms with Gasteiger partial charge in [0.15, 0.2) is 12.0 Å². The summed E-state index contributed by atoms with van der Waals surface area (Å²) in [5.41, 5.74) is 7.46. The van der Waals surface area contributed by atoms with E-state index in [1.165, 1.54) is 5.56 Å². The highest BCUT2D eigenvalue weighted by atomic mass is 16.6. The average molecular weight is 487 g/mol. The maximum Gasteiger partial charge on any atom is 0.180 e. The molecule has 0 atom stereocenters. The molecule has 0 saturated carbocycles. The van der Waals surface area contributed by atoms with E-state index in [9.17, 15) is 4.79 Å². The number of nitrogens with one attached hydrogen (secondary N) is 2. The predicted molar refractivity (Wildman–Crippen MR) is 146 cm³/mol. The molecule has 4 rings (SSSR count). The number of benzene rings is 1. The highest BCUT2D eigenvalue weighted by molar-refractivity contribution is 5.88. The Morgan fingerprint density at radius 2 is 1.89 bits per heavy atom. The molecule has 188 valence electrons. The molecular weight excluding hydrogens is 452 g/mol. The third-order valence-electron chi connectivity index (χ3n) is 5.55. The largest absolute Gasteiger partial charge is 0.355 e. The molecule has 0 radical (unpaired) electrons. The smallest absolute Gasteiger partial charge is 0.180 e. The zero-order valence-electron chi connectivity index (χ0n) is 21.8. The van der Waals surface area contributed by atoms with E-state index in [0.717, 1.165) is 64.1 Å². The second-order valence-electron chi connectivity index (χ2n) is 8.66. The number of oxime groups is 1. The first-order valence-electron chi connectivity index (χ1n) is 11.9. The SMILES string of the molecule is CCC(C)=C(ON=C(C)C)c1cc2cc(-c3cc(C=O)nn3C)ccc2[nH]1.CNCc1ccncc1. The highest BCUT2D eigenvalue weighted by Gasteiger charge is 2.13. The Hall–Kier alpha value is -4.04. The lowest BCUT2D eigenvalue weighted by Gasteiger charge is -2.07. The quantitative estimate of drug-likeness (QED) is 0.143. The van der Waals surface area contributed by atoms with Gasteiger partial charge in [-0.25, -0.2) is 0 Å². The minimum absolute atomic E-state index is 0.423. The van der Waals surface area contributed by atoms with Crippen molar-refractivity contribution in [3.63, 3.8) is 0 Å². The zero-order chi connectivity index (χ0) is 26.1. The van der Waals surface area contributed by atoms with Crippen molar-refractivity contribution in [1.82, 2.24) is 25.1 Å². The number of hydrogen-bond acceptors (Lipinski definition) is 6. The first-order valence-corrected chi connectivity index (χ1v) is 11.9. The summed E-state index contributed by atoms with van der Waals surface area (Å²) in [5, 5.41) is 12.4. The molecule has 8 heteroatoms. The predicted octanol–water partition coefficient (Wildman–Crippen LogP) is 5.74. The molecule has 8 nitrogen and oxygen atoms in total. The molecule has 0 aliphatic carbocycles. The molecule has 0 saturated heterocycles. The Balaban J connectivity index is 0.000000338. The standard InChI is InChI=1S/C21H24N4O2.C7H10N2/c1-6-14(4)21(27-24-13(2)3)19-10-16-9-15(7-8-18(16)22-19)20-11-17(12-26)23-25(20)5;1-8-6-7-2-4-9-5-3-7/h7-12,22H,6H2,1-5H3;2-5,8H,6H2,1H3. The van der Waals surface area contributed by atoms with E-state index in [-0.39, 0.29) is 0 Å². The van der Waals surface area contributed by atoms with Crippen LogP contribution >= 0.6 is 0 Å². The molecule has 0 fully saturated rings. The van der Waals surface area contributed by atoms with Crippen LogP contribution in [-0.4, -0.2) is 38.8 Å². The number of fused-ring (bicyclic) bond motifs is 1. The van der Waals surface area contributed by atoms with Gasteiger partial charge >= 0.3 is 0 Å². The number of allylic oxidation sites excluding steroid dienone is 1. The molecule has 0 aliphatic rings. The van der Waals surface area contributed by atoms with E-state index in [0.29, 0.717) is 5.69 Å². The van der Waals surface area contributed by atoms with E-state index < -0.39 is 0 Å². The molecule has 3 heterocycles. The molecule has 4 aromatic rings. The van der Waals surface area contributed by atoms with E-state index in [1.54, 1.807) is 23.1 Å². The van der Waals surface area contributed by atoms with E-state index >= 15 is 0 Å². The Kier molecular flexibility index (Phi) is 9.30. The molecule has 0 aliphatic heterocycles. The van der Waals surface area contributed by atoms with Crippen molar-refractivity contribution in [3.8, 4) is 11.3 Å². The van der Waals surface area contributed by atoms with Crippen molar-refractivity contribution in [3.05, 3.63) is 77.4 Å². The zero-order valence-corrected chi connectivity index (χ0v) is 21.8. The summed E-state index contributed by atoms with van der Waals surface area (Å²) < 4.78 is 1.72. The number of aromatic amines is 1. The monoisotopic (exact) mass is 486 g/mol. The fourth-order valence-corrected chi connectivity index (χ4v) is 3.59. The number of hydrogen-bond donors (Lipinski definition) is 2. The number of nitrogens with zero attached hydrogens (tertiary/aromatic N) is 4. The van der Waals surface area contributed by atoms with E-state index in [1.807, 2.05) is 59.1 Å². The van der Waals surface area contributed by atoms with Crippen LogP contribution in [0, 0.1) is 0 Å².